The quantitative estimate of drug-likeness (QED) is 0.310. The van der Waals surface area contributed by atoms with E-state index in [0.29, 0.717) is 23.9 Å². The molecule has 0 amide bonds. The Morgan fingerprint density at radius 1 is 1.32 bits per heavy atom. The summed E-state index contributed by atoms with van der Waals surface area (Å²) in [6, 6.07) is 7.89. The molecule has 1 aliphatic carbocycles. The second kappa shape index (κ2) is 9.62. The van der Waals surface area contributed by atoms with Crippen LogP contribution in [-0.2, 0) is 18.0 Å². The van der Waals surface area contributed by atoms with Gasteiger partial charge in [0, 0.05) is 42.4 Å². The Morgan fingerprint density at radius 2 is 2.07 bits per heavy atom. The highest BCUT2D eigenvalue weighted by molar-refractivity contribution is 14.0. The van der Waals surface area contributed by atoms with Gasteiger partial charge >= 0.3 is 6.18 Å². The summed E-state index contributed by atoms with van der Waals surface area (Å²) in [7, 11) is 1.67. The SMILES string of the molecule is CN=C(NCCc1nc(C(F)(F)F)cs1)NCC1(c2cccc(Cl)c2)CC1.I. The zero-order valence-electron chi connectivity index (χ0n) is 15.1. The molecule has 0 unspecified atom stereocenters. The van der Waals surface area contributed by atoms with E-state index in [0.717, 1.165) is 41.1 Å². The summed E-state index contributed by atoms with van der Waals surface area (Å²) in [5.41, 5.74) is 0.446. The van der Waals surface area contributed by atoms with Gasteiger partial charge in [-0.15, -0.1) is 35.3 Å². The first-order valence-electron chi connectivity index (χ1n) is 8.55. The standard InChI is InChI=1S/C18H20ClF3N4S.HI/c1-23-16(24-8-5-15-26-14(10-27-15)18(20,21)22)25-11-17(6-7-17)12-3-2-4-13(19)9-12;/h2-4,9-10H,5-8,11H2,1H3,(H2,23,24,25);1H. The monoisotopic (exact) mass is 544 g/mol. The van der Waals surface area contributed by atoms with Crippen LogP contribution in [0.2, 0.25) is 5.02 Å². The number of alkyl halides is 3. The summed E-state index contributed by atoms with van der Waals surface area (Å²) in [5.74, 6) is 0.621. The highest BCUT2D eigenvalue weighted by atomic mass is 127. The molecule has 4 nitrogen and oxygen atoms in total. The number of halogens is 5. The maximum atomic E-state index is 12.6. The third kappa shape index (κ3) is 5.96. The van der Waals surface area contributed by atoms with Crippen LogP contribution in [0.1, 0.15) is 29.1 Å². The van der Waals surface area contributed by atoms with E-state index in [2.05, 4.69) is 26.7 Å². The molecule has 0 aliphatic heterocycles. The van der Waals surface area contributed by atoms with Gasteiger partial charge < -0.3 is 10.6 Å². The fourth-order valence-corrected chi connectivity index (χ4v) is 3.85. The molecule has 0 bridgehead atoms. The van der Waals surface area contributed by atoms with E-state index in [1.165, 1.54) is 5.56 Å². The summed E-state index contributed by atoms with van der Waals surface area (Å²) >= 11 is 7.11. The first-order chi connectivity index (χ1) is 12.8. The molecule has 1 aromatic heterocycles. The molecule has 154 valence electrons. The van der Waals surface area contributed by atoms with Gasteiger partial charge in [-0.1, -0.05) is 23.7 Å². The molecule has 1 heterocycles. The van der Waals surface area contributed by atoms with Crippen LogP contribution in [0.4, 0.5) is 13.2 Å². The average molecular weight is 545 g/mol. The molecule has 2 aromatic rings. The predicted molar refractivity (Wildman–Crippen MR) is 118 cm³/mol. The first kappa shape index (κ1) is 23.2. The highest BCUT2D eigenvalue weighted by Crippen LogP contribution is 2.48. The van der Waals surface area contributed by atoms with Crippen LogP contribution < -0.4 is 10.6 Å². The Balaban J connectivity index is 0.00000280. The number of nitrogens with one attached hydrogen (secondary N) is 2. The Kier molecular flexibility index (Phi) is 7.97. The van der Waals surface area contributed by atoms with Crippen LogP contribution >= 0.6 is 46.9 Å². The van der Waals surface area contributed by atoms with Gasteiger partial charge in [-0.3, -0.25) is 4.99 Å². The Bertz CT molecular complexity index is 821. The zero-order chi connectivity index (χ0) is 19.5. The van der Waals surface area contributed by atoms with Gasteiger partial charge in [0.2, 0.25) is 0 Å². The van der Waals surface area contributed by atoms with Crippen molar-refractivity contribution < 1.29 is 13.2 Å². The molecule has 1 saturated carbocycles. The van der Waals surface area contributed by atoms with Gasteiger partial charge in [0.1, 0.15) is 0 Å². The first-order valence-corrected chi connectivity index (χ1v) is 9.80. The van der Waals surface area contributed by atoms with Crippen molar-refractivity contribution in [3.63, 3.8) is 0 Å². The number of nitrogens with zero attached hydrogens (tertiary/aromatic N) is 2. The van der Waals surface area contributed by atoms with Crippen molar-refractivity contribution in [2.45, 2.75) is 30.9 Å². The second-order valence-corrected chi connectivity index (χ2v) is 7.90. The Hall–Kier alpha value is -1.07. The van der Waals surface area contributed by atoms with Crippen LogP contribution in [0.5, 0.6) is 0 Å². The van der Waals surface area contributed by atoms with Gasteiger partial charge in [-0.2, -0.15) is 13.2 Å². The average Bonchev–Trinajstić information content (AvgIpc) is 3.26. The van der Waals surface area contributed by atoms with E-state index in [1.807, 2.05) is 18.2 Å². The molecule has 2 N–H and O–H groups in total. The number of guanidine groups is 1. The lowest BCUT2D eigenvalue weighted by Gasteiger charge is -2.19. The molecule has 0 atom stereocenters. The van der Waals surface area contributed by atoms with Crippen molar-refractivity contribution in [2.75, 3.05) is 20.1 Å². The minimum atomic E-state index is -4.39. The van der Waals surface area contributed by atoms with E-state index in [9.17, 15) is 13.2 Å². The van der Waals surface area contributed by atoms with Crippen molar-refractivity contribution in [3.05, 3.63) is 50.9 Å². The van der Waals surface area contributed by atoms with Crippen LogP contribution in [0.15, 0.2) is 34.6 Å². The number of rotatable bonds is 6. The summed E-state index contributed by atoms with van der Waals surface area (Å²) < 4.78 is 37.7. The number of aliphatic imine (C=N–C) groups is 1. The smallest absolute Gasteiger partial charge is 0.356 e. The van der Waals surface area contributed by atoms with Gasteiger partial charge in [0.05, 0.1) is 5.01 Å². The molecule has 1 fully saturated rings. The summed E-state index contributed by atoms with van der Waals surface area (Å²) in [5, 5.41) is 8.65. The molecular weight excluding hydrogens is 524 g/mol. The second-order valence-electron chi connectivity index (χ2n) is 6.52. The molecule has 0 saturated heterocycles. The number of aromatic nitrogens is 1. The molecule has 10 heteroatoms. The molecule has 1 aliphatic rings. The maximum Gasteiger partial charge on any atom is 0.434 e. The third-order valence-electron chi connectivity index (χ3n) is 4.58. The number of benzene rings is 1. The summed E-state index contributed by atoms with van der Waals surface area (Å²) in [6.07, 6.45) is -1.83. The lowest BCUT2D eigenvalue weighted by molar-refractivity contribution is -0.140. The number of thiazole rings is 1. The van der Waals surface area contributed by atoms with Gasteiger partial charge in [-0.25, -0.2) is 4.98 Å². The van der Waals surface area contributed by atoms with Gasteiger partial charge in [-0.05, 0) is 30.5 Å². The molecular formula is C18H21ClF3IN4S. The molecule has 0 radical (unpaired) electrons. The molecule has 0 spiro atoms. The number of hydrogen-bond donors (Lipinski definition) is 2. The Morgan fingerprint density at radius 3 is 2.64 bits per heavy atom. The van der Waals surface area contributed by atoms with E-state index in [4.69, 9.17) is 11.6 Å². The lowest BCUT2D eigenvalue weighted by atomic mass is 9.96. The topological polar surface area (TPSA) is 49.3 Å². The minimum Gasteiger partial charge on any atom is -0.356 e. The fraction of sp³-hybridized carbons (Fsp3) is 0.444. The van der Waals surface area contributed by atoms with Crippen molar-refractivity contribution in [1.29, 1.82) is 0 Å². The van der Waals surface area contributed by atoms with Crippen molar-refractivity contribution in [2.24, 2.45) is 4.99 Å². The Labute approximate surface area is 188 Å². The third-order valence-corrected chi connectivity index (χ3v) is 5.73. The van der Waals surface area contributed by atoms with E-state index < -0.39 is 11.9 Å². The lowest BCUT2D eigenvalue weighted by Crippen LogP contribution is -2.42. The molecule has 1 aromatic carbocycles. The number of hydrogen-bond acceptors (Lipinski definition) is 3. The van der Waals surface area contributed by atoms with Crippen molar-refractivity contribution >= 4 is 52.9 Å². The van der Waals surface area contributed by atoms with Crippen LogP contribution in [-0.4, -0.2) is 31.1 Å². The highest BCUT2D eigenvalue weighted by Gasteiger charge is 2.44. The van der Waals surface area contributed by atoms with E-state index >= 15 is 0 Å². The fourth-order valence-electron chi connectivity index (χ4n) is 2.85. The zero-order valence-corrected chi connectivity index (χ0v) is 19.0. The summed E-state index contributed by atoms with van der Waals surface area (Å²) in [4.78, 5) is 7.81. The maximum absolute atomic E-state index is 12.6. The molecule has 28 heavy (non-hydrogen) atoms. The van der Waals surface area contributed by atoms with E-state index in [1.54, 1.807) is 7.05 Å². The minimum absolute atomic E-state index is 0. The van der Waals surface area contributed by atoms with Crippen molar-refractivity contribution in [1.82, 2.24) is 15.6 Å². The molecule has 3 rings (SSSR count). The van der Waals surface area contributed by atoms with Crippen LogP contribution in [0.25, 0.3) is 0 Å². The predicted octanol–water partition coefficient (Wildman–Crippen LogP) is 4.87. The van der Waals surface area contributed by atoms with Crippen LogP contribution in [0, 0.1) is 0 Å². The van der Waals surface area contributed by atoms with Gasteiger partial charge in [0.15, 0.2) is 11.7 Å². The van der Waals surface area contributed by atoms with Gasteiger partial charge in [0.25, 0.3) is 0 Å². The summed E-state index contributed by atoms with van der Waals surface area (Å²) in [6.45, 7) is 1.18. The van der Waals surface area contributed by atoms with Crippen LogP contribution in [0.3, 0.4) is 0 Å². The normalized spacial score (nSPS) is 15.7. The largest absolute Gasteiger partial charge is 0.434 e. The van der Waals surface area contributed by atoms with E-state index in [-0.39, 0.29) is 29.4 Å². The van der Waals surface area contributed by atoms with Crippen molar-refractivity contribution in [3.8, 4) is 0 Å².